The van der Waals surface area contributed by atoms with E-state index in [9.17, 15) is 14.3 Å². The molecule has 0 radical (unpaired) electrons. The van der Waals surface area contributed by atoms with Crippen molar-refractivity contribution in [3.8, 4) is 0 Å². The van der Waals surface area contributed by atoms with Gasteiger partial charge in [-0.25, -0.2) is 4.39 Å². The molecule has 4 nitrogen and oxygen atoms in total. The highest BCUT2D eigenvalue weighted by molar-refractivity contribution is 5.85. The van der Waals surface area contributed by atoms with Crippen LogP contribution in [0.15, 0.2) is 24.3 Å². The number of morpholine rings is 1. The lowest BCUT2D eigenvalue weighted by Gasteiger charge is -2.46. The molecule has 1 saturated carbocycles. The molecule has 1 aromatic rings. The van der Waals surface area contributed by atoms with Crippen LogP contribution in [0.1, 0.15) is 43.8 Å². The normalized spacial score (nSPS) is 24.7. The molecule has 2 fully saturated rings. The third kappa shape index (κ3) is 3.52. The summed E-state index contributed by atoms with van der Waals surface area (Å²) in [6, 6.07) is 6.58. The Labute approximate surface area is 142 Å². The molecular weight excluding hydrogens is 321 g/mol. The minimum atomic E-state index is -0.800. The molecule has 1 heterocycles. The fourth-order valence-electron chi connectivity index (χ4n) is 3.76. The fourth-order valence-corrected chi connectivity index (χ4v) is 3.76. The zero-order chi connectivity index (χ0) is 15.6. The second-order valence-corrected chi connectivity index (χ2v) is 6.22. The highest BCUT2D eigenvalue weighted by atomic mass is 35.5. The fraction of sp³-hybridized carbons (Fsp3) is 0.588. The first-order valence-electron chi connectivity index (χ1n) is 7.98. The molecule has 3 rings (SSSR count). The third-order valence-electron chi connectivity index (χ3n) is 5.00. The van der Waals surface area contributed by atoms with E-state index in [0.29, 0.717) is 38.1 Å². The zero-order valence-corrected chi connectivity index (χ0v) is 13.9. The maximum Gasteiger partial charge on any atom is 0.324 e. The molecule has 128 valence electrons. The Morgan fingerprint density at radius 1 is 1.26 bits per heavy atom. The second-order valence-electron chi connectivity index (χ2n) is 6.22. The topological polar surface area (TPSA) is 49.8 Å². The van der Waals surface area contributed by atoms with Gasteiger partial charge in [-0.3, -0.25) is 9.69 Å². The molecule has 23 heavy (non-hydrogen) atoms. The minimum Gasteiger partial charge on any atom is -0.480 e. The van der Waals surface area contributed by atoms with E-state index < -0.39 is 17.6 Å². The van der Waals surface area contributed by atoms with Crippen LogP contribution in [0.5, 0.6) is 0 Å². The van der Waals surface area contributed by atoms with Gasteiger partial charge < -0.3 is 9.84 Å². The summed E-state index contributed by atoms with van der Waals surface area (Å²) < 4.78 is 19.7. The van der Waals surface area contributed by atoms with Crippen molar-refractivity contribution in [2.24, 2.45) is 0 Å². The van der Waals surface area contributed by atoms with Crippen LogP contribution < -0.4 is 0 Å². The minimum absolute atomic E-state index is 0. The molecule has 6 heteroatoms. The summed E-state index contributed by atoms with van der Waals surface area (Å²) in [4.78, 5) is 13.9. The average Bonchev–Trinajstić information content (AvgIpc) is 2.56. The van der Waals surface area contributed by atoms with Crippen molar-refractivity contribution in [1.29, 1.82) is 0 Å². The van der Waals surface area contributed by atoms with Gasteiger partial charge in [-0.15, -0.1) is 12.4 Å². The van der Waals surface area contributed by atoms with Crippen LogP contribution in [-0.2, 0) is 9.53 Å². The number of nitrogens with zero attached hydrogens (tertiary/aromatic N) is 1. The Balaban J connectivity index is 0.00000192. The van der Waals surface area contributed by atoms with Crippen LogP contribution in [-0.4, -0.2) is 41.2 Å². The van der Waals surface area contributed by atoms with Gasteiger partial charge in [-0.2, -0.15) is 0 Å². The maximum absolute atomic E-state index is 14.0. The van der Waals surface area contributed by atoms with Crippen molar-refractivity contribution >= 4 is 18.4 Å². The van der Waals surface area contributed by atoms with Crippen LogP contribution >= 0.6 is 12.4 Å². The number of halogens is 2. The molecular formula is C17H23ClFNO3. The molecule has 1 aromatic carbocycles. The van der Waals surface area contributed by atoms with Crippen molar-refractivity contribution in [3.63, 3.8) is 0 Å². The third-order valence-corrected chi connectivity index (χ3v) is 5.00. The van der Waals surface area contributed by atoms with E-state index in [1.165, 1.54) is 6.07 Å². The summed E-state index contributed by atoms with van der Waals surface area (Å²) in [5, 5.41) is 9.80. The van der Waals surface area contributed by atoms with Gasteiger partial charge in [-0.1, -0.05) is 37.5 Å². The highest BCUT2D eigenvalue weighted by Gasteiger charge is 2.46. The summed E-state index contributed by atoms with van der Waals surface area (Å²) >= 11 is 0. The summed E-state index contributed by atoms with van der Waals surface area (Å²) in [6.07, 6.45) is 3.92. The second kappa shape index (κ2) is 7.60. The van der Waals surface area contributed by atoms with Gasteiger partial charge in [0.05, 0.1) is 12.7 Å². The van der Waals surface area contributed by atoms with Gasteiger partial charge in [-0.05, 0) is 18.9 Å². The molecule has 1 saturated heterocycles. The van der Waals surface area contributed by atoms with Gasteiger partial charge >= 0.3 is 5.97 Å². The average molecular weight is 344 g/mol. The van der Waals surface area contributed by atoms with Gasteiger partial charge in [0.2, 0.25) is 0 Å². The number of rotatable bonds is 3. The first kappa shape index (κ1) is 18.2. The summed E-state index contributed by atoms with van der Waals surface area (Å²) in [6.45, 7) is 1.47. The lowest BCUT2D eigenvalue weighted by molar-refractivity contribution is -0.161. The number of ether oxygens (including phenoxy) is 1. The van der Waals surface area contributed by atoms with E-state index in [1.807, 2.05) is 4.90 Å². The Hall–Kier alpha value is -1.17. The molecule has 0 aromatic heterocycles. The van der Waals surface area contributed by atoms with Gasteiger partial charge in [0.25, 0.3) is 0 Å². The molecule has 2 aliphatic rings. The van der Waals surface area contributed by atoms with E-state index in [4.69, 9.17) is 4.74 Å². The van der Waals surface area contributed by atoms with Crippen LogP contribution in [0.25, 0.3) is 0 Å². The Morgan fingerprint density at radius 2 is 1.96 bits per heavy atom. The molecule has 0 spiro atoms. The zero-order valence-electron chi connectivity index (χ0n) is 13.0. The van der Waals surface area contributed by atoms with Gasteiger partial charge in [0, 0.05) is 18.7 Å². The molecule has 1 N–H and O–H groups in total. The smallest absolute Gasteiger partial charge is 0.324 e. The van der Waals surface area contributed by atoms with E-state index >= 15 is 0 Å². The maximum atomic E-state index is 14.0. The van der Waals surface area contributed by atoms with E-state index in [2.05, 4.69) is 0 Å². The molecule has 1 atom stereocenters. The Bertz CT molecular complexity index is 548. The van der Waals surface area contributed by atoms with E-state index in [0.717, 1.165) is 19.3 Å². The number of aliphatic carboxylic acids is 1. The summed E-state index contributed by atoms with van der Waals surface area (Å²) in [5.41, 5.74) is -0.283. The van der Waals surface area contributed by atoms with E-state index in [1.54, 1.807) is 18.2 Å². The molecule has 1 unspecified atom stereocenters. The highest BCUT2D eigenvalue weighted by Crippen LogP contribution is 2.37. The van der Waals surface area contributed by atoms with E-state index in [-0.39, 0.29) is 18.2 Å². The lowest BCUT2D eigenvalue weighted by Crippen LogP contribution is -2.59. The van der Waals surface area contributed by atoms with Gasteiger partial charge in [0.1, 0.15) is 11.4 Å². The predicted molar refractivity (Wildman–Crippen MR) is 87.4 cm³/mol. The van der Waals surface area contributed by atoms with Crippen molar-refractivity contribution in [3.05, 3.63) is 35.6 Å². The Morgan fingerprint density at radius 3 is 2.61 bits per heavy atom. The monoisotopic (exact) mass is 343 g/mol. The number of carboxylic acid groups (broad SMARTS) is 1. The standard InChI is InChI=1S/C17H22FNO3.ClH/c18-14-7-3-2-6-13(14)15-12-19(10-11-22-15)17(16(20)21)8-4-1-5-9-17;/h2-3,6-7,15H,1,4-5,8-12H2,(H,20,21);1H. The summed E-state index contributed by atoms with van der Waals surface area (Å²) in [7, 11) is 0. The van der Waals surface area contributed by atoms with Crippen LogP contribution in [0.4, 0.5) is 4.39 Å². The molecule has 1 aliphatic heterocycles. The summed E-state index contributed by atoms with van der Waals surface area (Å²) in [5.74, 6) is -1.04. The van der Waals surface area contributed by atoms with Gasteiger partial charge in [0.15, 0.2) is 0 Å². The lowest BCUT2D eigenvalue weighted by atomic mass is 9.79. The van der Waals surface area contributed by atoms with Crippen molar-refractivity contribution in [2.45, 2.75) is 43.7 Å². The molecule has 1 aliphatic carbocycles. The SMILES string of the molecule is Cl.O=C(O)C1(N2CCOC(c3ccccc3F)C2)CCCCC1. The van der Waals surface area contributed by atoms with Crippen LogP contribution in [0.3, 0.4) is 0 Å². The quantitative estimate of drug-likeness (QED) is 0.913. The predicted octanol–water partition coefficient (Wildman–Crippen LogP) is 3.41. The Kier molecular flexibility index (Phi) is 6.00. The van der Waals surface area contributed by atoms with Crippen LogP contribution in [0.2, 0.25) is 0 Å². The van der Waals surface area contributed by atoms with Crippen molar-refractivity contribution < 1.29 is 19.0 Å². The first-order chi connectivity index (χ1) is 10.6. The number of hydrogen-bond donors (Lipinski definition) is 1. The number of carbonyl (C=O) groups is 1. The largest absolute Gasteiger partial charge is 0.480 e. The van der Waals surface area contributed by atoms with Crippen LogP contribution in [0, 0.1) is 5.82 Å². The number of carboxylic acids is 1. The first-order valence-corrected chi connectivity index (χ1v) is 7.98. The number of benzene rings is 1. The number of hydrogen-bond acceptors (Lipinski definition) is 3. The molecule has 0 amide bonds. The molecule has 0 bridgehead atoms. The van der Waals surface area contributed by atoms with Crippen molar-refractivity contribution in [2.75, 3.05) is 19.7 Å². The van der Waals surface area contributed by atoms with Crippen molar-refractivity contribution in [1.82, 2.24) is 4.90 Å².